The Morgan fingerprint density at radius 1 is 1.46 bits per heavy atom. The van der Waals surface area contributed by atoms with Crippen molar-refractivity contribution in [3.63, 3.8) is 0 Å². The summed E-state index contributed by atoms with van der Waals surface area (Å²) in [6.07, 6.45) is 3.09. The number of aromatic amines is 1. The van der Waals surface area contributed by atoms with Crippen LogP contribution in [0.15, 0.2) is 36.7 Å². The van der Waals surface area contributed by atoms with Gasteiger partial charge < -0.3 is 15.0 Å². The lowest BCUT2D eigenvalue weighted by atomic mass is 10.1. The van der Waals surface area contributed by atoms with Gasteiger partial charge in [0.25, 0.3) is 0 Å². The normalized spacial score (nSPS) is 10.4. The summed E-state index contributed by atoms with van der Waals surface area (Å²) in [5, 5.41) is 16.5. The van der Waals surface area contributed by atoms with Gasteiger partial charge in [0.05, 0.1) is 29.7 Å². The van der Waals surface area contributed by atoms with Crippen LogP contribution in [0, 0.1) is 11.3 Å². The predicted molar refractivity (Wildman–Crippen MR) is 88.8 cm³/mol. The molecule has 3 aromatic rings. The molecule has 0 aliphatic carbocycles. The number of halogens is 1. The van der Waals surface area contributed by atoms with Gasteiger partial charge in [-0.1, -0.05) is 11.6 Å². The van der Waals surface area contributed by atoms with Crippen molar-refractivity contribution in [2.24, 2.45) is 0 Å². The summed E-state index contributed by atoms with van der Waals surface area (Å²) in [5.41, 5.74) is 8.26. The van der Waals surface area contributed by atoms with Crippen LogP contribution in [0.3, 0.4) is 0 Å². The van der Waals surface area contributed by atoms with Crippen LogP contribution in [0.1, 0.15) is 16.1 Å². The number of benzene rings is 1. The number of esters is 1. The van der Waals surface area contributed by atoms with E-state index in [1.54, 1.807) is 30.5 Å². The zero-order chi connectivity index (χ0) is 17.3. The van der Waals surface area contributed by atoms with Crippen LogP contribution in [-0.2, 0) is 4.74 Å². The summed E-state index contributed by atoms with van der Waals surface area (Å²) in [5.74, 6) is -0.649. The summed E-state index contributed by atoms with van der Waals surface area (Å²) in [7, 11) is 1.25. The van der Waals surface area contributed by atoms with Crippen LogP contribution >= 0.6 is 11.6 Å². The van der Waals surface area contributed by atoms with E-state index in [4.69, 9.17) is 22.1 Å². The first-order valence-electron chi connectivity index (χ1n) is 6.85. The fourth-order valence-corrected chi connectivity index (χ4v) is 2.61. The number of anilines is 1. The van der Waals surface area contributed by atoms with Crippen molar-refractivity contribution in [1.82, 2.24) is 14.8 Å². The lowest BCUT2D eigenvalue weighted by Gasteiger charge is -2.13. The topological polar surface area (TPSA) is 110 Å². The second-order valence-electron chi connectivity index (χ2n) is 4.91. The number of nitrogens with two attached hydrogens (primary N) is 1. The molecule has 0 radical (unpaired) electrons. The molecule has 2 aromatic heterocycles. The van der Waals surface area contributed by atoms with E-state index in [2.05, 4.69) is 10.2 Å². The van der Waals surface area contributed by atoms with Crippen molar-refractivity contribution in [3.8, 4) is 23.0 Å². The van der Waals surface area contributed by atoms with Crippen LogP contribution in [0.4, 0.5) is 5.69 Å². The monoisotopic (exact) mass is 341 g/mol. The Morgan fingerprint density at radius 2 is 2.25 bits per heavy atom. The van der Waals surface area contributed by atoms with Gasteiger partial charge in [-0.25, -0.2) is 4.79 Å². The first kappa shape index (κ1) is 15.6. The number of ether oxygens (including phenoxy) is 1. The van der Waals surface area contributed by atoms with Crippen LogP contribution in [0.25, 0.3) is 16.9 Å². The van der Waals surface area contributed by atoms with Crippen molar-refractivity contribution in [2.75, 3.05) is 12.8 Å². The summed E-state index contributed by atoms with van der Waals surface area (Å²) in [6.45, 7) is 0. The molecule has 0 unspecified atom stereocenters. The third kappa shape index (κ3) is 2.49. The zero-order valence-electron chi connectivity index (χ0n) is 12.6. The molecule has 3 rings (SSSR count). The number of methoxy groups -OCH3 is 1. The minimum absolute atomic E-state index is 0.0555. The van der Waals surface area contributed by atoms with E-state index in [1.165, 1.54) is 17.9 Å². The number of nitrogen functional groups attached to an aromatic ring is 1. The molecule has 0 aliphatic rings. The number of hydrogen-bond acceptors (Lipinski definition) is 5. The molecule has 0 aliphatic heterocycles. The SMILES string of the molecule is COC(=O)c1c(N)c(C#N)cn1-c1cc(Cl)ccc1-c1ccn[nH]1. The highest BCUT2D eigenvalue weighted by atomic mass is 35.5. The second kappa shape index (κ2) is 6.10. The third-order valence-corrected chi connectivity index (χ3v) is 3.79. The lowest BCUT2D eigenvalue weighted by molar-refractivity contribution is 0.0593. The van der Waals surface area contributed by atoms with Crippen molar-refractivity contribution in [1.29, 1.82) is 5.26 Å². The van der Waals surface area contributed by atoms with Gasteiger partial charge in [-0.3, -0.25) is 5.10 Å². The number of nitrogens with one attached hydrogen (secondary N) is 1. The molecule has 24 heavy (non-hydrogen) atoms. The van der Waals surface area contributed by atoms with E-state index in [0.29, 0.717) is 10.7 Å². The Labute approximate surface area is 142 Å². The molecule has 8 heteroatoms. The van der Waals surface area contributed by atoms with Crippen molar-refractivity contribution < 1.29 is 9.53 Å². The Kier molecular flexibility index (Phi) is 3.98. The molecular formula is C16H12ClN5O2. The molecule has 0 fully saturated rings. The highest BCUT2D eigenvalue weighted by molar-refractivity contribution is 6.30. The summed E-state index contributed by atoms with van der Waals surface area (Å²) >= 11 is 6.12. The van der Waals surface area contributed by atoms with Gasteiger partial charge in [-0.15, -0.1) is 0 Å². The van der Waals surface area contributed by atoms with Crippen molar-refractivity contribution >= 4 is 23.3 Å². The zero-order valence-corrected chi connectivity index (χ0v) is 13.3. The number of rotatable bonds is 3. The van der Waals surface area contributed by atoms with Gasteiger partial charge in [0.1, 0.15) is 6.07 Å². The smallest absolute Gasteiger partial charge is 0.357 e. The van der Waals surface area contributed by atoms with Gasteiger partial charge in [0.2, 0.25) is 0 Å². The van der Waals surface area contributed by atoms with Crippen molar-refractivity contribution in [2.45, 2.75) is 0 Å². The maximum Gasteiger partial charge on any atom is 0.357 e. The van der Waals surface area contributed by atoms with Gasteiger partial charge in [0.15, 0.2) is 5.69 Å². The highest BCUT2D eigenvalue weighted by Crippen LogP contribution is 2.32. The number of aromatic nitrogens is 3. The van der Waals surface area contributed by atoms with E-state index in [-0.39, 0.29) is 16.9 Å². The quantitative estimate of drug-likeness (QED) is 0.712. The first-order valence-corrected chi connectivity index (χ1v) is 7.23. The average molecular weight is 342 g/mol. The van der Waals surface area contributed by atoms with Gasteiger partial charge in [-0.2, -0.15) is 10.4 Å². The Morgan fingerprint density at radius 3 is 2.88 bits per heavy atom. The second-order valence-corrected chi connectivity index (χ2v) is 5.35. The molecule has 0 saturated heterocycles. The average Bonchev–Trinajstić information content (AvgIpc) is 3.22. The minimum atomic E-state index is -0.649. The number of nitrogens with zero attached hydrogens (tertiary/aromatic N) is 3. The summed E-state index contributed by atoms with van der Waals surface area (Å²) in [4.78, 5) is 12.2. The van der Waals surface area contributed by atoms with Crippen LogP contribution in [-0.4, -0.2) is 27.8 Å². The van der Waals surface area contributed by atoms with Crippen LogP contribution in [0.2, 0.25) is 5.02 Å². The molecule has 0 bridgehead atoms. The Balaban J connectivity index is 2.33. The number of carbonyl (C=O) groups excluding carboxylic acids is 1. The number of H-pyrrole nitrogens is 1. The predicted octanol–water partition coefficient (Wildman–Crippen LogP) is 2.76. The summed E-state index contributed by atoms with van der Waals surface area (Å²) in [6, 6.07) is 8.92. The lowest BCUT2D eigenvalue weighted by Crippen LogP contribution is -2.11. The Bertz CT molecular complexity index is 954. The maximum absolute atomic E-state index is 12.2. The molecule has 0 saturated carbocycles. The van der Waals surface area contributed by atoms with Gasteiger partial charge in [-0.05, 0) is 24.3 Å². The molecule has 1 aromatic carbocycles. The number of nitriles is 1. The van der Waals surface area contributed by atoms with Crippen LogP contribution < -0.4 is 5.73 Å². The largest absolute Gasteiger partial charge is 0.464 e. The third-order valence-electron chi connectivity index (χ3n) is 3.55. The van der Waals surface area contributed by atoms with E-state index in [9.17, 15) is 10.1 Å². The van der Waals surface area contributed by atoms with Gasteiger partial charge >= 0.3 is 5.97 Å². The molecule has 0 amide bonds. The van der Waals surface area contributed by atoms with E-state index in [0.717, 1.165) is 11.3 Å². The summed E-state index contributed by atoms with van der Waals surface area (Å²) < 4.78 is 6.30. The molecular weight excluding hydrogens is 330 g/mol. The highest BCUT2D eigenvalue weighted by Gasteiger charge is 2.23. The molecule has 3 N–H and O–H groups in total. The molecule has 0 atom stereocenters. The van der Waals surface area contributed by atoms with Gasteiger partial charge in [0, 0.05) is 23.0 Å². The fraction of sp³-hybridized carbons (Fsp3) is 0.0625. The molecule has 120 valence electrons. The van der Waals surface area contributed by atoms with Crippen LogP contribution in [0.5, 0.6) is 0 Å². The fourth-order valence-electron chi connectivity index (χ4n) is 2.44. The Hall–Kier alpha value is -3.24. The van der Waals surface area contributed by atoms with E-state index in [1.807, 2.05) is 6.07 Å². The number of hydrogen-bond donors (Lipinski definition) is 2. The standard InChI is InChI=1S/C16H12ClN5O2/c1-24-16(23)15-14(19)9(7-18)8-22(15)13-6-10(17)2-3-11(13)12-4-5-20-21-12/h2-6,8H,19H2,1H3,(H,20,21). The molecule has 2 heterocycles. The number of carbonyl (C=O) groups is 1. The van der Waals surface area contributed by atoms with E-state index < -0.39 is 5.97 Å². The first-order chi connectivity index (χ1) is 11.6. The minimum Gasteiger partial charge on any atom is -0.464 e. The molecule has 7 nitrogen and oxygen atoms in total. The molecule has 0 spiro atoms. The van der Waals surface area contributed by atoms with E-state index >= 15 is 0 Å². The maximum atomic E-state index is 12.2. The van der Waals surface area contributed by atoms with Crippen molar-refractivity contribution in [3.05, 3.63) is 52.9 Å².